The average molecular weight is 404 g/mol. The van der Waals surface area contributed by atoms with E-state index >= 15 is 0 Å². The zero-order valence-corrected chi connectivity index (χ0v) is 16.4. The number of hydrogen-bond donors (Lipinski definition) is 2. The number of aromatic nitrogens is 2. The Labute approximate surface area is 168 Å². The maximum Gasteiger partial charge on any atom is 0.123 e. The van der Waals surface area contributed by atoms with Gasteiger partial charge in [-0.2, -0.15) is 5.10 Å². The lowest BCUT2D eigenvalue weighted by Gasteiger charge is -2.11. The van der Waals surface area contributed by atoms with Crippen molar-refractivity contribution in [3.63, 3.8) is 0 Å². The Bertz CT molecular complexity index is 899. The van der Waals surface area contributed by atoms with Crippen LogP contribution in [-0.2, 0) is 11.3 Å². The van der Waals surface area contributed by atoms with Crippen LogP contribution in [0.15, 0.2) is 54.7 Å². The molecule has 5 nitrogen and oxygen atoms in total. The normalized spacial score (nSPS) is 12.3. The molecule has 0 aliphatic rings. The molecule has 0 saturated heterocycles. The third kappa shape index (κ3) is 5.17. The lowest BCUT2D eigenvalue weighted by molar-refractivity contribution is 0.0427. The van der Waals surface area contributed by atoms with Crippen LogP contribution >= 0.6 is 11.6 Å². The summed E-state index contributed by atoms with van der Waals surface area (Å²) in [7, 11) is 0. The minimum atomic E-state index is -0.587. The fourth-order valence-electron chi connectivity index (χ4n) is 2.83. The number of rotatable bonds is 9. The van der Waals surface area contributed by atoms with Crippen molar-refractivity contribution in [3.8, 4) is 16.9 Å². The van der Waals surface area contributed by atoms with E-state index in [0.717, 1.165) is 22.5 Å². The highest BCUT2D eigenvalue weighted by Crippen LogP contribution is 2.30. The Morgan fingerprint density at radius 2 is 1.96 bits per heavy atom. The van der Waals surface area contributed by atoms with Crippen LogP contribution in [0.25, 0.3) is 16.9 Å². The van der Waals surface area contributed by atoms with Crippen molar-refractivity contribution < 1.29 is 14.2 Å². The molecule has 0 unspecified atom stereocenters. The van der Waals surface area contributed by atoms with Gasteiger partial charge in [0, 0.05) is 37.0 Å². The van der Waals surface area contributed by atoms with E-state index in [0.29, 0.717) is 24.7 Å². The number of halogens is 2. The molecule has 0 fully saturated rings. The zero-order chi connectivity index (χ0) is 19.9. The Balaban J connectivity index is 1.84. The van der Waals surface area contributed by atoms with Crippen molar-refractivity contribution in [2.24, 2.45) is 0 Å². The maximum atomic E-state index is 13.2. The van der Waals surface area contributed by atoms with Gasteiger partial charge >= 0.3 is 0 Å². The first-order valence-electron chi connectivity index (χ1n) is 9.14. The lowest BCUT2D eigenvalue weighted by atomic mass is 10.1. The van der Waals surface area contributed by atoms with Crippen molar-refractivity contribution >= 4 is 11.6 Å². The standard InChI is InChI=1S/C21H23ClFN3O2/c1-2-28-14-18(27)12-24-11-15-13-26(17-9-7-16(23)8-10-17)25-21(15)19-5-3-4-6-20(19)22/h3-10,13,18,24,27H,2,11-12,14H2,1H3/t18-/m0/s1. The van der Waals surface area contributed by atoms with E-state index in [4.69, 9.17) is 16.3 Å². The number of nitrogens with zero attached hydrogens (tertiary/aromatic N) is 2. The minimum Gasteiger partial charge on any atom is -0.389 e. The second-order valence-electron chi connectivity index (χ2n) is 6.35. The first-order chi connectivity index (χ1) is 13.6. The van der Waals surface area contributed by atoms with Crippen LogP contribution in [0, 0.1) is 5.82 Å². The van der Waals surface area contributed by atoms with Crippen LogP contribution in [0.5, 0.6) is 0 Å². The summed E-state index contributed by atoms with van der Waals surface area (Å²) in [6.07, 6.45) is 1.30. The SMILES string of the molecule is CCOC[C@@H](O)CNCc1cn(-c2ccc(F)cc2)nc1-c1ccccc1Cl. The van der Waals surface area contributed by atoms with Crippen molar-refractivity contribution in [2.45, 2.75) is 19.6 Å². The number of hydrogen-bond acceptors (Lipinski definition) is 4. The van der Waals surface area contributed by atoms with E-state index in [9.17, 15) is 9.50 Å². The highest BCUT2D eigenvalue weighted by molar-refractivity contribution is 6.33. The molecule has 0 aliphatic heterocycles. The topological polar surface area (TPSA) is 59.3 Å². The number of aliphatic hydroxyl groups is 1. The van der Waals surface area contributed by atoms with E-state index in [2.05, 4.69) is 10.4 Å². The number of aliphatic hydroxyl groups excluding tert-OH is 1. The molecule has 0 spiro atoms. The highest BCUT2D eigenvalue weighted by atomic mass is 35.5. The Morgan fingerprint density at radius 1 is 1.21 bits per heavy atom. The summed E-state index contributed by atoms with van der Waals surface area (Å²) in [6, 6.07) is 13.6. The molecule has 3 aromatic rings. The molecular weight excluding hydrogens is 381 g/mol. The van der Waals surface area contributed by atoms with Gasteiger partial charge in [-0.05, 0) is 37.3 Å². The number of benzene rings is 2. The fraction of sp³-hybridized carbons (Fsp3) is 0.286. The summed E-state index contributed by atoms with van der Waals surface area (Å²) < 4.78 is 20.2. The maximum absolute atomic E-state index is 13.2. The molecule has 2 N–H and O–H groups in total. The third-order valence-electron chi connectivity index (χ3n) is 4.22. The molecule has 2 aromatic carbocycles. The molecule has 0 saturated carbocycles. The summed E-state index contributed by atoms with van der Waals surface area (Å²) in [5, 5.41) is 18.4. The van der Waals surface area contributed by atoms with E-state index in [1.807, 2.05) is 37.4 Å². The highest BCUT2D eigenvalue weighted by Gasteiger charge is 2.15. The monoisotopic (exact) mass is 403 g/mol. The van der Waals surface area contributed by atoms with Crippen LogP contribution in [0.1, 0.15) is 12.5 Å². The Kier molecular flexibility index (Phi) is 7.17. The average Bonchev–Trinajstić information content (AvgIpc) is 3.11. The largest absolute Gasteiger partial charge is 0.389 e. The van der Waals surface area contributed by atoms with Gasteiger partial charge in [0.15, 0.2) is 0 Å². The zero-order valence-electron chi connectivity index (χ0n) is 15.6. The predicted molar refractivity (Wildman–Crippen MR) is 108 cm³/mol. The molecule has 3 rings (SSSR count). The van der Waals surface area contributed by atoms with Crippen LogP contribution in [0.2, 0.25) is 5.02 Å². The molecule has 28 heavy (non-hydrogen) atoms. The van der Waals surface area contributed by atoms with Gasteiger partial charge in [0.25, 0.3) is 0 Å². The van der Waals surface area contributed by atoms with Crippen molar-refractivity contribution in [3.05, 3.63) is 71.1 Å². The van der Waals surface area contributed by atoms with Crippen molar-refractivity contribution in [1.82, 2.24) is 15.1 Å². The lowest BCUT2D eigenvalue weighted by Crippen LogP contribution is -2.30. The molecule has 1 atom stereocenters. The third-order valence-corrected chi connectivity index (χ3v) is 4.55. The van der Waals surface area contributed by atoms with Gasteiger partial charge < -0.3 is 15.2 Å². The number of nitrogens with one attached hydrogen (secondary N) is 1. The van der Waals surface area contributed by atoms with Crippen LogP contribution in [0.3, 0.4) is 0 Å². The van der Waals surface area contributed by atoms with Crippen LogP contribution < -0.4 is 5.32 Å². The predicted octanol–water partition coefficient (Wildman–Crippen LogP) is 3.82. The quantitative estimate of drug-likeness (QED) is 0.570. The van der Waals surface area contributed by atoms with Crippen molar-refractivity contribution in [1.29, 1.82) is 0 Å². The molecule has 1 heterocycles. The Hall–Kier alpha value is -2.25. The van der Waals surface area contributed by atoms with E-state index in [1.165, 1.54) is 12.1 Å². The van der Waals surface area contributed by atoms with Crippen LogP contribution in [-0.4, -0.2) is 40.7 Å². The summed E-state index contributed by atoms with van der Waals surface area (Å²) in [5.74, 6) is -0.299. The number of ether oxygens (including phenoxy) is 1. The second-order valence-corrected chi connectivity index (χ2v) is 6.76. The van der Waals surface area contributed by atoms with Gasteiger partial charge in [-0.15, -0.1) is 0 Å². The minimum absolute atomic E-state index is 0.287. The first kappa shape index (κ1) is 20.5. The second kappa shape index (κ2) is 9.80. The summed E-state index contributed by atoms with van der Waals surface area (Å²) in [6.45, 7) is 3.63. The van der Waals surface area contributed by atoms with Gasteiger partial charge in [0.2, 0.25) is 0 Å². The Morgan fingerprint density at radius 3 is 2.68 bits per heavy atom. The van der Waals surface area contributed by atoms with Crippen molar-refractivity contribution in [2.75, 3.05) is 19.8 Å². The molecule has 1 aromatic heterocycles. The molecule has 0 aliphatic carbocycles. The fourth-order valence-corrected chi connectivity index (χ4v) is 3.06. The van der Waals surface area contributed by atoms with E-state index < -0.39 is 6.10 Å². The summed E-state index contributed by atoms with van der Waals surface area (Å²) in [4.78, 5) is 0. The first-order valence-corrected chi connectivity index (χ1v) is 9.52. The van der Waals surface area contributed by atoms with Crippen LogP contribution in [0.4, 0.5) is 4.39 Å². The van der Waals surface area contributed by atoms with E-state index in [-0.39, 0.29) is 12.4 Å². The molecule has 0 amide bonds. The molecule has 7 heteroatoms. The smallest absolute Gasteiger partial charge is 0.123 e. The van der Waals surface area contributed by atoms with E-state index in [1.54, 1.807) is 16.8 Å². The van der Waals surface area contributed by atoms with Gasteiger partial charge in [-0.1, -0.05) is 29.8 Å². The summed E-state index contributed by atoms with van der Waals surface area (Å²) in [5.41, 5.74) is 3.22. The molecule has 0 radical (unpaired) electrons. The van der Waals surface area contributed by atoms with Gasteiger partial charge in [-0.3, -0.25) is 0 Å². The summed E-state index contributed by atoms with van der Waals surface area (Å²) >= 11 is 6.37. The molecule has 148 valence electrons. The van der Waals surface area contributed by atoms with Gasteiger partial charge in [-0.25, -0.2) is 9.07 Å². The molecular formula is C21H23ClFN3O2. The molecule has 0 bridgehead atoms. The van der Waals surface area contributed by atoms with Gasteiger partial charge in [0.05, 0.1) is 29.1 Å². The van der Waals surface area contributed by atoms with Gasteiger partial charge in [0.1, 0.15) is 5.82 Å².